The van der Waals surface area contributed by atoms with Crippen molar-refractivity contribution in [3.05, 3.63) is 76.3 Å². The number of benzene rings is 2. The lowest BCUT2D eigenvalue weighted by molar-refractivity contribution is 0.0990. The minimum atomic E-state index is -0.923. The Morgan fingerprint density at radius 3 is 2.54 bits per heavy atom. The molecule has 0 bridgehead atoms. The quantitative estimate of drug-likeness (QED) is 0.637. The maximum absolute atomic E-state index is 11.6. The maximum atomic E-state index is 11.6. The van der Waals surface area contributed by atoms with Gasteiger partial charge >= 0.3 is 0 Å². The van der Waals surface area contributed by atoms with E-state index in [1.165, 1.54) is 4.68 Å². The van der Waals surface area contributed by atoms with Crippen molar-refractivity contribution in [2.24, 2.45) is 5.73 Å². The van der Waals surface area contributed by atoms with Crippen LogP contribution in [0.15, 0.2) is 48.5 Å². The molecule has 0 radical (unpaired) electrons. The van der Waals surface area contributed by atoms with Gasteiger partial charge in [0, 0.05) is 10.6 Å². The fourth-order valence-electron chi connectivity index (χ4n) is 2.78. The van der Waals surface area contributed by atoms with Crippen LogP contribution < -0.4 is 5.73 Å². The molecule has 3 N–H and O–H groups in total. The van der Waals surface area contributed by atoms with E-state index in [4.69, 9.17) is 17.3 Å². The summed E-state index contributed by atoms with van der Waals surface area (Å²) in [6, 6.07) is 14.3. The standard InChI is InChI=1S/C19H20ClN5O2.ClH/c1-24(2)11-16-22-19(18(21)27)23-25(16)15-9-8-13(20)10-14(15)17(26)12-6-4-3-5-7-12;/h3-10,17,26H,11H2,1-2H3,(H2,21,27);1H. The van der Waals surface area contributed by atoms with Crippen molar-refractivity contribution in [2.75, 3.05) is 14.1 Å². The molecule has 9 heteroatoms. The first kappa shape index (κ1) is 21.8. The molecule has 0 saturated heterocycles. The van der Waals surface area contributed by atoms with E-state index < -0.39 is 12.0 Å². The van der Waals surface area contributed by atoms with Crippen LogP contribution in [-0.2, 0) is 6.54 Å². The van der Waals surface area contributed by atoms with Crippen molar-refractivity contribution in [2.45, 2.75) is 12.6 Å². The van der Waals surface area contributed by atoms with Gasteiger partial charge in [-0.1, -0.05) is 41.9 Å². The zero-order chi connectivity index (χ0) is 19.6. The number of hydrogen-bond donors (Lipinski definition) is 2. The predicted octanol–water partition coefficient (Wildman–Crippen LogP) is 2.58. The van der Waals surface area contributed by atoms with Crippen LogP contribution in [0.25, 0.3) is 5.69 Å². The van der Waals surface area contributed by atoms with E-state index in [1.807, 2.05) is 49.3 Å². The first-order chi connectivity index (χ1) is 12.9. The Kier molecular flexibility index (Phi) is 7.15. The number of carbonyl (C=O) groups is 1. The van der Waals surface area contributed by atoms with Gasteiger partial charge in [0.15, 0.2) is 0 Å². The average molecular weight is 422 g/mol. The molecule has 3 rings (SSSR count). The van der Waals surface area contributed by atoms with Gasteiger partial charge in [0.2, 0.25) is 5.82 Å². The van der Waals surface area contributed by atoms with Gasteiger partial charge in [0.05, 0.1) is 12.2 Å². The minimum absolute atomic E-state index is 0. The Labute approximate surface area is 174 Å². The van der Waals surface area contributed by atoms with Crippen LogP contribution in [0.1, 0.15) is 33.7 Å². The molecule has 1 amide bonds. The third-order valence-corrected chi connectivity index (χ3v) is 4.21. The molecular formula is C19H21Cl2N5O2. The van der Waals surface area contributed by atoms with E-state index in [0.717, 1.165) is 0 Å². The lowest BCUT2D eigenvalue weighted by Gasteiger charge is -2.18. The topological polar surface area (TPSA) is 97.3 Å². The van der Waals surface area contributed by atoms with Crippen LogP contribution in [0.5, 0.6) is 0 Å². The summed E-state index contributed by atoms with van der Waals surface area (Å²) in [5.41, 5.74) is 7.20. The molecule has 0 saturated carbocycles. The first-order valence-electron chi connectivity index (χ1n) is 8.30. The lowest BCUT2D eigenvalue weighted by atomic mass is 10.00. The van der Waals surface area contributed by atoms with Crippen LogP contribution in [-0.4, -0.2) is 44.8 Å². The highest BCUT2D eigenvalue weighted by Gasteiger charge is 2.21. The van der Waals surface area contributed by atoms with E-state index in [0.29, 0.717) is 34.2 Å². The van der Waals surface area contributed by atoms with Gasteiger partial charge in [0.25, 0.3) is 5.91 Å². The van der Waals surface area contributed by atoms with E-state index in [9.17, 15) is 9.90 Å². The van der Waals surface area contributed by atoms with Gasteiger partial charge in [-0.25, -0.2) is 9.67 Å². The summed E-state index contributed by atoms with van der Waals surface area (Å²) in [6.07, 6.45) is -0.923. The Bertz CT molecular complexity index is 960. The summed E-state index contributed by atoms with van der Waals surface area (Å²) in [6.45, 7) is 0.434. The second-order valence-corrected chi connectivity index (χ2v) is 6.82. The predicted molar refractivity (Wildman–Crippen MR) is 110 cm³/mol. The van der Waals surface area contributed by atoms with Gasteiger partial charge in [-0.05, 0) is 37.9 Å². The number of nitrogens with zero attached hydrogens (tertiary/aromatic N) is 4. The van der Waals surface area contributed by atoms with E-state index in [-0.39, 0.29) is 18.2 Å². The van der Waals surface area contributed by atoms with E-state index >= 15 is 0 Å². The van der Waals surface area contributed by atoms with Gasteiger partial charge in [-0.3, -0.25) is 4.79 Å². The highest BCUT2D eigenvalue weighted by molar-refractivity contribution is 6.30. The number of nitrogens with two attached hydrogens (primary N) is 1. The SMILES string of the molecule is CN(C)Cc1nc(C(N)=O)nn1-c1ccc(Cl)cc1C(O)c1ccccc1.Cl. The summed E-state index contributed by atoms with van der Waals surface area (Å²) >= 11 is 6.18. The van der Waals surface area contributed by atoms with Gasteiger partial charge in [-0.15, -0.1) is 17.5 Å². The Morgan fingerprint density at radius 1 is 1.25 bits per heavy atom. The zero-order valence-corrected chi connectivity index (χ0v) is 17.0. The van der Waals surface area contributed by atoms with E-state index in [1.54, 1.807) is 18.2 Å². The number of rotatable bonds is 6. The molecule has 1 atom stereocenters. The molecule has 148 valence electrons. The first-order valence-corrected chi connectivity index (χ1v) is 8.68. The highest BCUT2D eigenvalue weighted by Crippen LogP contribution is 2.30. The lowest BCUT2D eigenvalue weighted by Crippen LogP contribution is -2.17. The van der Waals surface area contributed by atoms with Crippen LogP contribution in [0, 0.1) is 0 Å². The fraction of sp³-hybridized carbons (Fsp3) is 0.211. The molecule has 7 nitrogen and oxygen atoms in total. The molecule has 0 fully saturated rings. The zero-order valence-electron chi connectivity index (χ0n) is 15.4. The Hall–Kier alpha value is -2.45. The van der Waals surface area contributed by atoms with Gasteiger partial charge in [-0.2, -0.15) is 0 Å². The largest absolute Gasteiger partial charge is 0.384 e. The molecule has 0 aliphatic rings. The van der Waals surface area contributed by atoms with Gasteiger partial charge < -0.3 is 15.7 Å². The van der Waals surface area contributed by atoms with Crippen LogP contribution in [0.4, 0.5) is 0 Å². The third-order valence-electron chi connectivity index (χ3n) is 3.98. The molecule has 0 aliphatic carbocycles. The number of aliphatic hydroxyl groups is 1. The summed E-state index contributed by atoms with van der Waals surface area (Å²) in [5, 5.41) is 15.7. The van der Waals surface area contributed by atoms with Crippen molar-refractivity contribution < 1.29 is 9.90 Å². The normalized spacial score (nSPS) is 11.9. The van der Waals surface area contributed by atoms with E-state index in [2.05, 4.69) is 10.1 Å². The van der Waals surface area contributed by atoms with Crippen LogP contribution in [0.2, 0.25) is 5.02 Å². The number of hydrogen-bond acceptors (Lipinski definition) is 5. The summed E-state index contributed by atoms with van der Waals surface area (Å²) < 4.78 is 1.53. The van der Waals surface area contributed by atoms with Crippen LogP contribution in [0.3, 0.4) is 0 Å². The van der Waals surface area contributed by atoms with Crippen molar-refractivity contribution in [1.29, 1.82) is 0 Å². The number of aliphatic hydroxyl groups excluding tert-OH is 1. The molecule has 1 aromatic heterocycles. The number of halogens is 2. The Morgan fingerprint density at radius 2 is 1.93 bits per heavy atom. The smallest absolute Gasteiger partial charge is 0.288 e. The average Bonchev–Trinajstić information content (AvgIpc) is 3.05. The van der Waals surface area contributed by atoms with Gasteiger partial charge in [0.1, 0.15) is 11.9 Å². The molecular weight excluding hydrogens is 401 g/mol. The Balaban J connectivity index is 0.00000280. The number of aromatic nitrogens is 3. The molecule has 3 aromatic rings. The number of amides is 1. The summed E-state index contributed by atoms with van der Waals surface area (Å²) in [5.74, 6) is -0.271. The van der Waals surface area contributed by atoms with Crippen molar-refractivity contribution in [1.82, 2.24) is 19.7 Å². The second kappa shape index (κ2) is 9.16. The number of primary amides is 1. The maximum Gasteiger partial charge on any atom is 0.288 e. The highest BCUT2D eigenvalue weighted by atomic mass is 35.5. The summed E-state index contributed by atoms with van der Waals surface area (Å²) in [4.78, 5) is 17.7. The monoisotopic (exact) mass is 421 g/mol. The third kappa shape index (κ3) is 4.69. The summed E-state index contributed by atoms with van der Waals surface area (Å²) in [7, 11) is 3.76. The molecule has 1 unspecified atom stereocenters. The molecule has 28 heavy (non-hydrogen) atoms. The fourth-order valence-corrected chi connectivity index (χ4v) is 2.96. The van der Waals surface area contributed by atoms with Crippen LogP contribution >= 0.6 is 24.0 Å². The molecule has 2 aromatic carbocycles. The molecule has 0 spiro atoms. The van der Waals surface area contributed by atoms with Crippen molar-refractivity contribution in [3.63, 3.8) is 0 Å². The second-order valence-electron chi connectivity index (χ2n) is 6.38. The molecule has 1 heterocycles. The van der Waals surface area contributed by atoms with Crippen molar-refractivity contribution >= 4 is 29.9 Å². The van der Waals surface area contributed by atoms with Crippen molar-refractivity contribution in [3.8, 4) is 5.69 Å². The number of carbonyl (C=O) groups excluding carboxylic acids is 1. The minimum Gasteiger partial charge on any atom is -0.384 e. The molecule has 0 aliphatic heterocycles.